The van der Waals surface area contributed by atoms with Gasteiger partial charge in [0.15, 0.2) is 0 Å². The second-order valence-electron chi connectivity index (χ2n) is 4.87. The van der Waals surface area contributed by atoms with Gasteiger partial charge in [0.05, 0.1) is 6.61 Å². The van der Waals surface area contributed by atoms with Crippen LogP contribution in [0.15, 0.2) is 54.6 Å². The predicted molar refractivity (Wildman–Crippen MR) is 83.7 cm³/mol. The molecule has 0 saturated carbocycles. The summed E-state index contributed by atoms with van der Waals surface area (Å²) in [6.07, 6.45) is -0.413. The van der Waals surface area contributed by atoms with Crippen molar-refractivity contribution in [2.45, 2.75) is 19.4 Å². The number of hydrogen-bond donors (Lipinski definition) is 2. The summed E-state index contributed by atoms with van der Waals surface area (Å²) in [6.45, 7) is 2.24. The van der Waals surface area contributed by atoms with Gasteiger partial charge in [-0.05, 0) is 43.3 Å². The van der Waals surface area contributed by atoms with Crippen molar-refractivity contribution >= 4 is 6.09 Å². The lowest BCUT2D eigenvalue weighted by atomic mass is 10.2. The first-order chi connectivity index (χ1) is 10.6. The Kier molecular flexibility index (Phi) is 5.65. The minimum Gasteiger partial charge on any atom is -0.494 e. The first kappa shape index (κ1) is 15.7. The van der Waals surface area contributed by atoms with Crippen molar-refractivity contribution in [2.24, 2.45) is 0 Å². The van der Waals surface area contributed by atoms with E-state index in [1.54, 1.807) is 6.92 Å². The largest absolute Gasteiger partial charge is 0.494 e. The molecular formula is C17H19NO4. The summed E-state index contributed by atoms with van der Waals surface area (Å²) in [5, 5.41) is 11.0. The molecule has 0 radical (unpaired) electrons. The zero-order valence-corrected chi connectivity index (χ0v) is 12.4. The van der Waals surface area contributed by atoms with E-state index in [9.17, 15) is 4.79 Å². The minimum atomic E-state index is -1.02. The topological polar surface area (TPSA) is 67.8 Å². The molecule has 1 unspecified atom stereocenters. The molecule has 0 aromatic heterocycles. The van der Waals surface area contributed by atoms with Crippen LogP contribution in [-0.2, 0) is 0 Å². The van der Waals surface area contributed by atoms with Crippen LogP contribution in [-0.4, -0.2) is 23.8 Å². The molecule has 0 aliphatic carbocycles. The number of rotatable bonds is 7. The van der Waals surface area contributed by atoms with Crippen LogP contribution in [0.2, 0.25) is 0 Å². The molecule has 2 N–H and O–H groups in total. The third-order valence-electron chi connectivity index (χ3n) is 2.99. The van der Waals surface area contributed by atoms with Crippen molar-refractivity contribution in [1.82, 2.24) is 5.32 Å². The molecule has 0 fully saturated rings. The highest BCUT2D eigenvalue weighted by atomic mass is 16.5. The van der Waals surface area contributed by atoms with Crippen LogP contribution in [0.25, 0.3) is 0 Å². The quantitative estimate of drug-likeness (QED) is 0.813. The van der Waals surface area contributed by atoms with E-state index in [-0.39, 0.29) is 6.04 Å². The summed E-state index contributed by atoms with van der Waals surface area (Å²) in [4.78, 5) is 10.5. The molecule has 2 rings (SSSR count). The average molecular weight is 301 g/mol. The van der Waals surface area contributed by atoms with Crippen LogP contribution in [0.1, 0.15) is 13.3 Å². The fourth-order valence-electron chi connectivity index (χ4n) is 1.87. The van der Waals surface area contributed by atoms with Crippen LogP contribution in [0.4, 0.5) is 4.79 Å². The Morgan fingerprint density at radius 1 is 1.05 bits per heavy atom. The summed E-state index contributed by atoms with van der Waals surface area (Å²) in [7, 11) is 0. The molecule has 116 valence electrons. The standard InChI is InChI=1S/C17H19NO4/c1-13(18-17(19)20)11-12-21-14-7-9-16(10-8-14)22-15-5-3-2-4-6-15/h2-10,13,18H,11-12H2,1H3,(H,19,20). The smallest absolute Gasteiger partial charge is 0.404 e. The second kappa shape index (κ2) is 7.93. The molecule has 0 bridgehead atoms. The summed E-state index contributed by atoms with van der Waals surface area (Å²) < 4.78 is 11.3. The summed E-state index contributed by atoms with van der Waals surface area (Å²) in [5.41, 5.74) is 0. The lowest BCUT2D eigenvalue weighted by Gasteiger charge is -2.12. The molecule has 0 saturated heterocycles. The van der Waals surface area contributed by atoms with Gasteiger partial charge in [-0.2, -0.15) is 0 Å². The van der Waals surface area contributed by atoms with E-state index in [1.165, 1.54) is 0 Å². The fraction of sp³-hybridized carbons (Fsp3) is 0.235. The van der Waals surface area contributed by atoms with E-state index in [4.69, 9.17) is 14.6 Å². The van der Waals surface area contributed by atoms with Crippen molar-refractivity contribution in [3.8, 4) is 17.2 Å². The lowest BCUT2D eigenvalue weighted by Crippen LogP contribution is -2.32. The molecule has 2 aromatic carbocycles. The van der Waals surface area contributed by atoms with E-state index in [0.717, 1.165) is 17.2 Å². The van der Waals surface area contributed by atoms with Gasteiger partial charge in [0.1, 0.15) is 17.2 Å². The van der Waals surface area contributed by atoms with Gasteiger partial charge >= 0.3 is 6.09 Å². The Morgan fingerprint density at radius 3 is 2.27 bits per heavy atom. The zero-order valence-electron chi connectivity index (χ0n) is 12.4. The van der Waals surface area contributed by atoms with Gasteiger partial charge in [-0.3, -0.25) is 0 Å². The Hall–Kier alpha value is -2.69. The maximum absolute atomic E-state index is 10.5. The normalized spacial score (nSPS) is 11.5. The number of carboxylic acid groups (broad SMARTS) is 1. The summed E-state index contributed by atoms with van der Waals surface area (Å²) in [5.74, 6) is 2.24. The highest BCUT2D eigenvalue weighted by Crippen LogP contribution is 2.23. The summed E-state index contributed by atoms with van der Waals surface area (Å²) in [6, 6.07) is 16.7. The van der Waals surface area contributed by atoms with Crippen molar-refractivity contribution < 1.29 is 19.4 Å². The number of para-hydroxylation sites is 1. The Balaban J connectivity index is 1.78. The minimum absolute atomic E-state index is 0.141. The van der Waals surface area contributed by atoms with Crippen LogP contribution in [0.3, 0.4) is 0 Å². The SMILES string of the molecule is CC(CCOc1ccc(Oc2ccccc2)cc1)NC(=O)O. The third kappa shape index (κ3) is 5.36. The molecule has 1 amide bonds. The van der Waals surface area contributed by atoms with E-state index >= 15 is 0 Å². The number of ether oxygens (including phenoxy) is 2. The van der Waals surface area contributed by atoms with E-state index in [2.05, 4.69) is 5.32 Å². The highest BCUT2D eigenvalue weighted by molar-refractivity contribution is 5.64. The first-order valence-electron chi connectivity index (χ1n) is 7.09. The van der Waals surface area contributed by atoms with E-state index < -0.39 is 6.09 Å². The van der Waals surface area contributed by atoms with Gasteiger partial charge < -0.3 is 19.9 Å². The Labute approximate surface area is 129 Å². The maximum Gasteiger partial charge on any atom is 0.404 e. The number of nitrogens with one attached hydrogen (secondary N) is 1. The fourth-order valence-corrected chi connectivity index (χ4v) is 1.87. The van der Waals surface area contributed by atoms with Crippen LogP contribution >= 0.6 is 0 Å². The van der Waals surface area contributed by atoms with Gasteiger partial charge in [-0.25, -0.2) is 4.79 Å². The predicted octanol–water partition coefficient (Wildman–Crippen LogP) is 3.90. The lowest BCUT2D eigenvalue weighted by molar-refractivity contribution is 0.188. The van der Waals surface area contributed by atoms with Crippen LogP contribution in [0.5, 0.6) is 17.2 Å². The number of amides is 1. The molecule has 1 atom stereocenters. The van der Waals surface area contributed by atoms with E-state index in [1.807, 2.05) is 54.6 Å². The number of carbonyl (C=O) groups is 1. The molecular weight excluding hydrogens is 282 g/mol. The average Bonchev–Trinajstić information content (AvgIpc) is 2.49. The van der Waals surface area contributed by atoms with Gasteiger partial charge in [-0.1, -0.05) is 18.2 Å². The second-order valence-corrected chi connectivity index (χ2v) is 4.87. The van der Waals surface area contributed by atoms with Crippen LogP contribution in [0, 0.1) is 0 Å². The maximum atomic E-state index is 10.5. The monoisotopic (exact) mass is 301 g/mol. The van der Waals surface area contributed by atoms with Gasteiger partial charge in [0.25, 0.3) is 0 Å². The Bertz CT molecular complexity index is 583. The molecule has 0 aliphatic rings. The van der Waals surface area contributed by atoms with Gasteiger partial charge in [-0.15, -0.1) is 0 Å². The van der Waals surface area contributed by atoms with Crippen molar-refractivity contribution in [2.75, 3.05) is 6.61 Å². The third-order valence-corrected chi connectivity index (χ3v) is 2.99. The van der Waals surface area contributed by atoms with Crippen molar-refractivity contribution in [3.63, 3.8) is 0 Å². The first-order valence-corrected chi connectivity index (χ1v) is 7.09. The van der Waals surface area contributed by atoms with Gasteiger partial charge in [0, 0.05) is 12.5 Å². The molecule has 2 aromatic rings. The van der Waals surface area contributed by atoms with Crippen molar-refractivity contribution in [3.05, 3.63) is 54.6 Å². The zero-order chi connectivity index (χ0) is 15.8. The molecule has 5 heteroatoms. The van der Waals surface area contributed by atoms with Gasteiger partial charge in [0.2, 0.25) is 0 Å². The van der Waals surface area contributed by atoms with Crippen LogP contribution < -0.4 is 14.8 Å². The van der Waals surface area contributed by atoms with E-state index in [0.29, 0.717) is 13.0 Å². The Morgan fingerprint density at radius 2 is 1.64 bits per heavy atom. The molecule has 22 heavy (non-hydrogen) atoms. The molecule has 0 aliphatic heterocycles. The molecule has 5 nitrogen and oxygen atoms in total. The highest BCUT2D eigenvalue weighted by Gasteiger charge is 2.05. The summed E-state index contributed by atoms with van der Waals surface area (Å²) >= 11 is 0. The molecule has 0 heterocycles. The molecule has 0 spiro atoms. The van der Waals surface area contributed by atoms with Crippen molar-refractivity contribution in [1.29, 1.82) is 0 Å². The number of benzene rings is 2. The number of hydrogen-bond acceptors (Lipinski definition) is 3.